The molecular formula is C22H35N3O2. The van der Waals surface area contributed by atoms with Crippen LogP contribution in [0.15, 0.2) is 23.3 Å². The summed E-state index contributed by atoms with van der Waals surface area (Å²) < 4.78 is 11.6. The second-order valence-electron chi connectivity index (χ2n) is 7.69. The van der Waals surface area contributed by atoms with Gasteiger partial charge in [-0.2, -0.15) is 5.10 Å². The molecule has 3 rings (SSSR count). The highest BCUT2D eigenvalue weighted by Gasteiger charge is 2.37. The number of rotatable bonds is 10. The summed E-state index contributed by atoms with van der Waals surface area (Å²) in [6.45, 7) is 8.61. The molecule has 5 heteroatoms. The Kier molecular flexibility index (Phi) is 7.39. The Bertz CT molecular complexity index is 632. The molecular weight excluding hydrogens is 338 g/mol. The van der Waals surface area contributed by atoms with Crippen LogP contribution in [0.2, 0.25) is 0 Å². The Morgan fingerprint density at radius 3 is 2.81 bits per heavy atom. The molecule has 1 saturated heterocycles. The van der Waals surface area contributed by atoms with Gasteiger partial charge in [0.15, 0.2) is 11.5 Å². The maximum Gasteiger partial charge on any atom is 0.161 e. The fourth-order valence-corrected chi connectivity index (χ4v) is 4.15. The van der Waals surface area contributed by atoms with Crippen molar-refractivity contribution in [2.75, 3.05) is 33.4 Å². The highest BCUT2D eigenvalue weighted by atomic mass is 16.5. The van der Waals surface area contributed by atoms with Crippen molar-refractivity contribution in [3.63, 3.8) is 0 Å². The number of unbranched alkanes of at least 4 members (excludes halogenated alkanes) is 3. The standard InChI is InChI=1S/C22H35N3O2/c1-4-6-7-8-14-27-20-10-9-17(15-21(20)26-3)22-18-16-25(12-5-2)13-11-19(18)23-24-22/h9-10,15,18,22,24H,4-8,11-14,16H2,1-3H3. The van der Waals surface area contributed by atoms with Crippen LogP contribution in [-0.2, 0) is 0 Å². The van der Waals surface area contributed by atoms with Crippen molar-refractivity contribution in [1.29, 1.82) is 0 Å². The fraction of sp³-hybridized carbons (Fsp3) is 0.682. The molecule has 2 unspecified atom stereocenters. The fourth-order valence-electron chi connectivity index (χ4n) is 4.15. The smallest absolute Gasteiger partial charge is 0.161 e. The highest BCUT2D eigenvalue weighted by Crippen LogP contribution is 2.37. The molecule has 0 amide bonds. The van der Waals surface area contributed by atoms with E-state index in [-0.39, 0.29) is 6.04 Å². The number of hydrogen-bond acceptors (Lipinski definition) is 5. The van der Waals surface area contributed by atoms with Crippen LogP contribution in [0.5, 0.6) is 11.5 Å². The first-order valence-electron chi connectivity index (χ1n) is 10.6. The average Bonchev–Trinajstić information content (AvgIpc) is 3.11. The molecule has 1 fully saturated rings. The van der Waals surface area contributed by atoms with Gasteiger partial charge in [0.05, 0.1) is 19.8 Å². The largest absolute Gasteiger partial charge is 0.493 e. The number of nitrogens with one attached hydrogen (secondary N) is 1. The molecule has 1 aromatic carbocycles. The summed E-state index contributed by atoms with van der Waals surface area (Å²) in [7, 11) is 1.72. The number of nitrogens with zero attached hydrogens (tertiary/aromatic N) is 2. The van der Waals surface area contributed by atoms with Crippen LogP contribution in [0, 0.1) is 5.92 Å². The van der Waals surface area contributed by atoms with Gasteiger partial charge in [-0.15, -0.1) is 0 Å². The summed E-state index contributed by atoms with van der Waals surface area (Å²) in [6, 6.07) is 6.57. The second kappa shape index (κ2) is 9.98. The number of piperidine rings is 1. The van der Waals surface area contributed by atoms with E-state index in [4.69, 9.17) is 9.47 Å². The Balaban J connectivity index is 1.64. The van der Waals surface area contributed by atoms with Gasteiger partial charge in [0.25, 0.3) is 0 Å². The van der Waals surface area contributed by atoms with Crippen molar-refractivity contribution in [2.24, 2.45) is 11.0 Å². The van der Waals surface area contributed by atoms with Gasteiger partial charge in [-0.25, -0.2) is 0 Å². The molecule has 1 aromatic rings. The third kappa shape index (κ3) is 4.95. The molecule has 0 spiro atoms. The predicted octanol–water partition coefficient (Wildman–Crippen LogP) is 4.39. The number of likely N-dealkylation sites (tertiary alicyclic amines) is 1. The lowest BCUT2D eigenvalue weighted by molar-refractivity contribution is 0.228. The van der Waals surface area contributed by atoms with Gasteiger partial charge < -0.3 is 19.8 Å². The molecule has 0 saturated carbocycles. The minimum atomic E-state index is 0.229. The number of benzene rings is 1. The van der Waals surface area contributed by atoms with Crippen LogP contribution < -0.4 is 14.9 Å². The second-order valence-corrected chi connectivity index (χ2v) is 7.69. The first-order valence-corrected chi connectivity index (χ1v) is 10.6. The molecule has 2 atom stereocenters. The maximum absolute atomic E-state index is 5.97. The maximum atomic E-state index is 5.97. The summed E-state index contributed by atoms with van der Waals surface area (Å²) in [5.74, 6) is 2.11. The van der Waals surface area contributed by atoms with Crippen molar-refractivity contribution < 1.29 is 9.47 Å². The Morgan fingerprint density at radius 2 is 2.04 bits per heavy atom. The Morgan fingerprint density at radius 1 is 1.15 bits per heavy atom. The van der Waals surface area contributed by atoms with E-state index in [1.54, 1.807) is 7.11 Å². The molecule has 1 N–H and O–H groups in total. The quantitative estimate of drug-likeness (QED) is 0.618. The SMILES string of the molecule is CCCCCCOc1ccc(C2NN=C3CCN(CCC)CC32)cc1OC. The number of hydrogen-bond donors (Lipinski definition) is 1. The van der Waals surface area contributed by atoms with Gasteiger partial charge in [-0.3, -0.25) is 0 Å². The number of ether oxygens (including phenoxy) is 2. The monoisotopic (exact) mass is 373 g/mol. The molecule has 150 valence electrons. The van der Waals surface area contributed by atoms with Gasteiger partial charge >= 0.3 is 0 Å². The van der Waals surface area contributed by atoms with Crippen molar-refractivity contribution in [1.82, 2.24) is 10.3 Å². The lowest BCUT2D eigenvalue weighted by Gasteiger charge is -2.33. The molecule has 0 radical (unpaired) electrons. The predicted molar refractivity (Wildman–Crippen MR) is 111 cm³/mol. The van der Waals surface area contributed by atoms with E-state index in [1.807, 2.05) is 0 Å². The average molecular weight is 374 g/mol. The third-order valence-corrected chi connectivity index (χ3v) is 5.66. The zero-order valence-electron chi connectivity index (χ0n) is 17.2. The van der Waals surface area contributed by atoms with Crippen LogP contribution in [0.3, 0.4) is 0 Å². The van der Waals surface area contributed by atoms with E-state index in [2.05, 4.69) is 47.5 Å². The van der Waals surface area contributed by atoms with Crippen molar-refractivity contribution in [3.8, 4) is 11.5 Å². The van der Waals surface area contributed by atoms with E-state index in [1.165, 1.54) is 43.5 Å². The summed E-state index contributed by atoms with van der Waals surface area (Å²) in [5, 5.41) is 4.63. The molecule has 5 nitrogen and oxygen atoms in total. The molecule has 2 heterocycles. The lowest BCUT2D eigenvalue weighted by Crippen LogP contribution is -2.42. The highest BCUT2D eigenvalue weighted by molar-refractivity contribution is 5.90. The molecule has 0 aromatic heterocycles. The van der Waals surface area contributed by atoms with Gasteiger partial charge in [-0.05, 0) is 37.1 Å². The summed E-state index contributed by atoms with van der Waals surface area (Å²) in [6.07, 6.45) is 7.10. The van der Waals surface area contributed by atoms with E-state index in [9.17, 15) is 0 Å². The molecule has 0 bridgehead atoms. The Hall–Kier alpha value is -1.75. The summed E-state index contributed by atoms with van der Waals surface area (Å²) >= 11 is 0. The summed E-state index contributed by atoms with van der Waals surface area (Å²) in [5.41, 5.74) is 5.93. The number of methoxy groups -OCH3 is 1. The van der Waals surface area contributed by atoms with Gasteiger partial charge in [-0.1, -0.05) is 39.2 Å². The van der Waals surface area contributed by atoms with Crippen LogP contribution in [-0.4, -0.2) is 44.0 Å². The number of hydrazone groups is 1. The Labute approximate surface area is 164 Å². The van der Waals surface area contributed by atoms with Crippen LogP contribution in [0.25, 0.3) is 0 Å². The lowest BCUT2D eigenvalue weighted by atomic mass is 9.86. The van der Waals surface area contributed by atoms with Gasteiger partial charge in [0, 0.05) is 31.1 Å². The molecule has 2 aliphatic rings. The molecule has 2 aliphatic heterocycles. The molecule has 0 aliphatic carbocycles. The van der Waals surface area contributed by atoms with Crippen molar-refractivity contribution in [3.05, 3.63) is 23.8 Å². The van der Waals surface area contributed by atoms with Gasteiger partial charge in [0.1, 0.15) is 0 Å². The van der Waals surface area contributed by atoms with Gasteiger partial charge in [0.2, 0.25) is 0 Å². The zero-order chi connectivity index (χ0) is 19.1. The zero-order valence-corrected chi connectivity index (χ0v) is 17.2. The minimum absolute atomic E-state index is 0.229. The van der Waals surface area contributed by atoms with E-state index >= 15 is 0 Å². The van der Waals surface area contributed by atoms with E-state index in [0.717, 1.165) is 44.0 Å². The van der Waals surface area contributed by atoms with E-state index < -0.39 is 0 Å². The normalized spacial score (nSPS) is 22.1. The van der Waals surface area contributed by atoms with Crippen LogP contribution in [0.4, 0.5) is 0 Å². The topological polar surface area (TPSA) is 46.1 Å². The third-order valence-electron chi connectivity index (χ3n) is 5.66. The first-order chi connectivity index (χ1) is 13.3. The number of fused-ring (bicyclic) bond motifs is 1. The van der Waals surface area contributed by atoms with Crippen molar-refractivity contribution in [2.45, 2.75) is 58.4 Å². The van der Waals surface area contributed by atoms with E-state index in [0.29, 0.717) is 5.92 Å². The van der Waals surface area contributed by atoms with Crippen LogP contribution >= 0.6 is 0 Å². The first kappa shape index (κ1) is 20.0. The van der Waals surface area contributed by atoms with Crippen molar-refractivity contribution >= 4 is 5.71 Å². The summed E-state index contributed by atoms with van der Waals surface area (Å²) in [4.78, 5) is 2.56. The molecule has 27 heavy (non-hydrogen) atoms. The minimum Gasteiger partial charge on any atom is -0.493 e. The van der Waals surface area contributed by atoms with Crippen LogP contribution in [0.1, 0.15) is 64.0 Å².